The van der Waals surface area contributed by atoms with Crippen LogP contribution in [0.1, 0.15) is 37.3 Å². The summed E-state index contributed by atoms with van der Waals surface area (Å²) in [6, 6.07) is 12.3. The zero-order valence-electron chi connectivity index (χ0n) is 19.2. The van der Waals surface area contributed by atoms with E-state index in [-0.39, 0.29) is 11.9 Å². The van der Waals surface area contributed by atoms with Gasteiger partial charge in [-0.3, -0.25) is 4.79 Å². The maximum absolute atomic E-state index is 12.6. The lowest BCUT2D eigenvalue weighted by Gasteiger charge is -2.26. The highest BCUT2D eigenvalue weighted by Gasteiger charge is 2.27. The van der Waals surface area contributed by atoms with Crippen molar-refractivity contribution in [1.29, 1.82) is 0 Å². The summed E-state index contributed by atoms with van der Waals surface area (Å²) < 4.78 is 10.7. The number of carbonyl (C=O) groups is 1. The van der Waals surface area contributed by atoms with Crippen molar-refractivity contribution in [2.75, 3.05) is 44.5 Å². The Kier molecular flexibility index (Phi) is 7.00. The Hall–Kier alpha value is -2.99. The molecule has 6 heteroatoms. The lowest BCUT2D eigenvalue weighted by Crippen LogP contribution is -2.31. The smallest absolute Gasteiger partial charge is 0.256 e. The highest BCUT2D eigenvalue weighted by Crippen LogP contribution is 2.40. The van der Waals surface area contributed by atoms with Crippen LogP contribution in [0.25, 0.3) is 5.57 Å². The first-order valence-corrected chi connectivity index (χ1v) is 11.4. The van der Waals surface area contributed by atoms with Crippen molar-refractivity contribution in [2.45, 2.75) is 38.6 Å². The van der Waals surface area contributed by atoms with Gasteiger partial charge in [0.2, 0.25) is 0 Å². The zero-order valence-corrected chi connectivity index (χ0v) is 19.2. The second kappa shape index (κ2) is 10.1. The predicted octanol–water partition coefficient (Wildman–Crippen LogP) is 4.57. The topological polar surface area (TPSA) is 62.8 Å². The van der Waals surface area contributed by atoms with E-state index >= 15 is 0 Å². The van der Waals surface area contributed by atoms with Crippen LogP contribution in [0, 0.1) is 0 Å². The molecule has 1 atom stereocenters. The molecule has 2 aromatic rings. The zero-order chi connectivity index (χ0) is 22.5. The van der Waals surface area contributed by atoms with Crippen LogP contribution in [0.4, 0.5) is 11.4 Å². The fourth-order valence-corrected chi connectivity index (χ4v) is 4.48. The lowest BCUT2D eigenvalue weighted by molar-refractivity contribution is -0.110. The molecule has 0 spiro atoms. The van der Waals surface area contributed by atoms with Crippen LogP contribution in [0.2, 0.25) is 0 Å². The molecule has 1 fully saturated rings. The van der Waals surface area contributed by atoms with Gasteiger partial charge in [-0.05, 0) is 69.1 Å². The maximum atomic E-state index is 12.6. The minimum atomic E-state index is -0.114. The molecule has 0 radical (unpaired) electrons. The van der Waals surface area contributed by atoms with E-state index in [1.54, 1.807) is 20.3 Å². The number of anilines is 2. The molecule has 2 aliphatic heterocycles. The van der Waals surface area contributed by atoms with Crippen LogP contribution in [0.5, 0.6) is 11.5 Å². The summed E-state index contributed by atoms with van der Waals surface area (Å²) in [4.78, 5) is 15.1. The third-order valence-electron chi connectivity index (χ3n) is 6.24. The molecule has 2 heterocycles. The number of likely N-dealkylation sites (tertiary alicyclic amines) is 1. The maximum Gasteiger partial charge on any atom is 0.256 e. The largest absolute Gasteiger partial charge is 0.493 e. The molecule has 0 aromatic heterocycles. The quantitative estimate of drug-likeness (QED) is 0.595. The summed E-state index contributed by atoms with van der Waals surface area (Å²) in [7, 11) is 3.18. The summed E-state index contributed by atoms with van der Waals surface area (Å²) in [6.07, 6.45) is 7.08. The number of piperidine rings is 1. The van der Waals surface area contributed by atoms with E-state index in [0.29, 0.717) is 17.1 Å². The number of methoxy groups -OCH3 is 2. The van der Waals surface area contributed by atoms with Crippen molar-refractivity contribution in [2.24, 2.45) is 0 Å². The van der Waals surface area contributed by atoms with E-state index in [1.165, 1.54) is 37.9 Å². The minimum absolute atomic E-state index is 0.0194. The SMILES string of the molecule is COc1cc2c(cc1OC)C(=CC(C)Nc1ccc(CCN3CCCCC3)cc1)C(=O)N2. The average Bonchev–Trinajstić information content (AvgIpc) is 3.12. The van der Waals surface area contributed by atoms with Gasteiger partial charge in [-0.15, -0.1) is 0 Å². The van der Waals surface area contributed by atoms with Gasteiger partial charge in [0.1, 0.15) is 0 Å². The van der Waals surface area contributed by atoms with E-state index in [9.17, 15) is 4.79 Å². The summed E-state index contributed by atoms with van der Waals surface area (Å²) >= 11 is 0. The molecule has 2 N–H and O–H groups in total. The Balaban J connectivity index is 1.40. The lowest BCUT2D eigenvalue weighted by atomic mass is 10.0. The Morgan fingerprint density at radius 2 is 1.75 bits per heavy atom. The van der Waals surface area contributed by atoms with Crippen LogP contribution in [0.15, 0.2) is 42.5 Å². The fourth-order valence-electron chi connectivity index (χ4n) is 4.48. The number of carbonyl (C=O) groups excluding carboxylic acids is 1. The Labute approximate surface area is 190 Å². The first-order valence-electron chi connectivity index (χ1n) is 11.4. The number of nitrogens with zero attached hydrogens (tertiary/aromatic N) is 1. The Morgan fingerprint density at radius 3 is 2.44 bits per heavy atom. The van der Waals surface area contributed by atoms with Crippen LogP contribution < -0.4 is 20.1 Å². The van der Waals surface area contributed by atoms with Gasteiger partial charge in [0.05, 0.1) is 19.9 Å². The van der Waals surface area contributed by atoms with Gasteiger partial charge >= 0.3 is 0 Å². The number of hydrogen-bond donors (Lipinski definition) is 2. The summed E-state index contributed by atoms with van der Waals surface area (Å²) in [5.41, 5.74) is 4.61. The molecular weight excluding hydrogens is 402 g/mol. The van der Waals surface area contributed by atoms with Gasteiger partial charge < -0.3 is 25.0 Å². The van der Waals surface area contributed by atoms with E-state index in [1.807, 2.05) is 19.1 Å². The fraction of sp³-hybridized carbons (Fsp3) is 0.423. The first kappa shape index (κ1) is 22.2. The number of ether oxygens (including phenoxy) is 2. The molecule has 0 bridgehead atoms. The van der Waals surface area contributed by atoms with Crippen molar-refractivity contribution < 1.29 is 14.3 Å². The monoisotopic (exact) mass is 435 g/mol. The van der Waals surface area contributed by atoms with E-state index in [0.717, 1.165) is 29.9 Å². The number of hydrogen-bond acceptors (Lipinski definition) is 5. The second-order valence-electron chi connectivity index (χ2n) is 8.57. The third-order valence-corrected chi connectivity index (χ3v) is 6.24. The molecule has 4 rings (SSSR count). The van der Waals surface area contributed by atoms with E-state index in [2.05, 4.69) is 39.8 Å². The molecule has 1 unspecified atom stereocenters. The number of rotatable bonds is 8. The molecule has 6 nitrogen and oxygen atoms in total. The Bertz CT molecular complexity index is 979. The van der Waals surface area contributed by atoms with Gasteiger partial charge in [0, 0.05) is 35.5 Å². The van der Waals surface area contributed by atoms with Crippen LogP contribution >= 0.6 is 0 Å². The molecular formula is C26H33N3O3. The van der Waals surface area contributed by atoms with Crippen molar-refractivity contribution in [3.8, 4) is 11.5 Å². The molecule has 0 aliphatic carbocycles. The van der Waals surface area contributed by atoms with E-state index < -0.39 is 0 Å². The van der Waals surface area contributed by atoms with Crippen LogP contribution in [-0.4, -0.2) is 50.7 Å². The molecule has 170 valence electrons. The summed E-state index contributed by atoms with van der Waals surface area (Å²) in [5.74, 6) is 1.09. The highest BCUT2D eigenvalue weighted by atomic mass is 16.5. The Morgan fingerprint density at radius 1 is 1.06 bits per heavy atom. The standard InChI is InChI=1S/C26H33N3O3/c1-18(15-22-21-16-24(31-2)25(32-3)17-23(21)28-26(22)30)27-20-9-7-19(8-10-20)11-14-29-12-5-4-6-13-29/h7-10,15-18,27H,4-6,11-14H2,1-3H3,(H,28,30). The van der Waals surface area contributed by atoms with Gasteiger partial charge in [0.25, 0.3) is 5.91 Å². The molecule has 2 aromatic carbocycles. The normalized spacial score (nSPS) is 18.2. The van der Waals surface area contributed by atoms with Crippen molar-refractivity contribution in [1.82, 2.24) is 4.90 Å². The molecule has 1 saturated heterocycles. The minimum Gasteiger partial charge on any atom is -0.493 e. The molecule has 0 saturated carbocycles. The van der Waals surface area contributed by atoms with Crippen molar-refractivity contribution >= 4 is 22.9 Å². The molecule has 32 heavy (non-hydrogen) atoms. The predicted molar refractivity (Wildman–Crippen MR) is 130 cm³/mol. The number of benzene rings is 2. The number of fused-ring (bicyclic) bond motifs is 1. The number of nitrogens with one attached hydrogen (secondary N) is 2. The highest BCUT2D eigenvalue weighted by molar-refractivity contribution is 6.31. The van der Waals surface area contributed by atoms with Gasteiger partial charge in [0.15, 0.2) is 11.5 Å². The molecule has 2 aliphatic rings. The van der Waals surface area contributed by atoms with Gasteiger partial charge in [-0.2, -0.15) is 0 Å². The summed E-state index contributed by atoms with van der Waals surface area (Å²) in [6.45, 7) is 5.66. The summed E-state index contributed by atoms with van der Waals surface area (Å²) in [5, 5.41) is 6.40. The average molecular weight is 436 g/mol. The first-order chi connectivity index (χ1) is 15.6. The van der Waals surface area contributed by atoms with E-state index in [4.69, 9.17) is 9.47 Å². The third kappa shape index (κ3) is 5.07. The van der Waals surface area contributed by atoms with Crippen LogP contribution in [0.3, 0.4) is 0 Å². The van der Waals surface area contributed by atoms with Gasteiger partial charge in [-0.25, -0.2) is 0 Å². The number of amides is 1. The van der Waals surface area contributed by atoms with Gasteiger partial charge in [-0.1, -0.05) is 18.6 Å². The van der Waals surface area contributed by atoms with Crippen LogP contribution in [-0.2, 0) is 11.2 Å². The van der Waals surface area contributed by atoms with Crippen molar-refractivity contribution in [3.05, 3.63) is 53.6 Å². The second-order valence-corrected chi connectivity index (χ2v) is 8.57. The van der Waals surface area contributed by atoms with Crippen molar-refractivity contribution in [3.63, 3.8) is 0 Å². The molecule has 1 amide bonds.